The summed E-state index contributed by atoms with van der Waals surface area (Å²) in [7, 11) is 0. The van der Waals surface area contributed by atoms with Crippen molar-refractivity contribution in [1.82, 2.24) is 0 Å². The van der Waals surface area contributed by atoms with Crippen LogP contribution in [0.3, 0.4) is 0 Å². The molecule has 0 nitrogen and oxygen atoms in total. The van der Waals surface area contributed by atoms with Crippen molar-refractivity contribution < 1.29 is 0 Å². The van der Waals surface area contributed by atoms with Gasteiger partial charge in [0.1, 0.15) is 0 Å². The number of hydrogen-bond donors (Lipinski definition) is 0. The molecular weight excluding hydrogens is 457 g/mol. The lowest BCUT2D eigenvalue weighted by Crippen LogP contribution is -2.18. The van der Waals surface area contributed by atoms with Crippen LogP contribution in [0.15, 0.2) is 47.2 Å². The third-order valence-electron chi connectivity index (χ3n) is 9.49. The molecule has 0 N–H and O–H groups in total. The zero-order valence-electron chi connectivity index (χ0n) is 18.6. The maximum atomic E-state index is 2.55. The van der Waals surface area contributed by atoms with Crippen LogP contribution >= 0.6 is 34.0 Å². The average Bonchev–Trinajstić information content (AvgIpc) is 3.63. The molecule has 0 spiro atoms. The molecule has 33 heavy (non-hydrogen) atoms. The van der Waals surface area contributed by atoms with Gasteiger partial charge in [-0.3, -0.25) is 0 Å². The van der Waals surface area contributed by atoms with Crippen LogP contribution in [0, 0.1) is 0 Å². The van der Waals surface area contributed by atoms with Gasteiger partial charge in [0.15, 0.2) is 0 Å². The topological polar surface area (TPSA) is 0 Å². The van der Waals surface area contributed by atoms with Gasteiger partial charge >= 0.3 is 0 Å². The first-order valence-electron chi connectivity index (χ1n) is 12.8. The second-order valence-electron chi connectivity index (χ2n) is 11.0. The molecule has 0 fully saturated rings. The molecule has 3 heterocycles. The normalized spacial score (nSPS) is 33.6. The molecule has 0 aromatic carbocycles. The summed E-state index contributed by atoms with van der Waals surface area (Å²) in [5.41, 5.74) is 10.2. The maximum absolute atomic E-state index is 2.55. The summed E-state index contributed by atoms with van der Waals surface area (Å²) in [5.74, 6) is 3.91. The van der Waals surface area contributed by atoms with Gasteiger partial charge in [0, 0.05) is 55.0 Å². The Balaban J connectivity index is 1.29. The van der Waals surface area contributed by atoms with Crippen molar-refractivity contribution in [3.05, 3.63) is 80.6 Å². The molecule has 6 unspecified atom stereocenters. The number of fused-ring (bicyclic) bond motifs is 3. The van der Waals surface area contributed by atoms with Crippen LogP contribution in [0.1, 0.15) is 107 Å². The summed E-state index contributed by atoms with van der Waals surface area (Å²) >= 11 is 6.28. The minimum Gasteiger partial charge on any atom is -0.142 e. The molecule has 0 radical (unpaired) electrons. The SMILES string of the molecule is C1=CC2CCC1c1csc(-c3sc(-c4scc5c4C4C=CC5CC4)c4c3C3C=CC4CC3)c12. The first-order chi connectivity index (χ1) is 16.3. The summed E-state index contributed by atoms with van der Waals surface area (Å²) in [6.45, 7) is 0. The maximum Gasteiger partial charge on any atom is 0.0493 e. The van der Waals surface area contributed by atoms with Gasteiger partial charge in [-0.15, -0.1) is 34.0 Å². The van der Waals surface area contributed by atoms with Crippen LogP contribution in [0.5, 0.6) is 0 Å². The van der Waals surface area contributed by atoms with Crippen molar-refractivity contribution in [1.29, 1.82) is 0 Å². The van der Waals surface area contributed by atoms with E-state index < -0.39 is 0 Å². The Morgan fingerprint density at radius 3 is 1.18 bits per heavy atom. The standard InChI is InChI=1S/C30H26S3/c1-5-17-6-2-15(1)21-13-31-27(23(17)21)29-25-19-9-11-20(12-10-19)26(25)30(33-29)28-24-18-7-3-16(4-8-18)22(24)14-32-28/h1,3,5,7,9,11,13-20H,2,4,6,8,10,12H2. The van der Waals surface area contributed by atoms with E-state index in [2.05, 4.69) is 81.2 Å². The highest BCUT2D eigenvalue weighted by Gasteiger charge is 2.41. The average molecular weight is 483 g/mol. The molecule has 3 heteroatoms. The lowest BCUT2D eigenvalue weighted by atomic mass is 9.69. The lowest BCUT2D eigenvalue weighted by Gasteiger charge is -2.34. The van der Waals surface area contributed by atoms with Gasteiger partial charge in [-0.1, -0.05) is 36.5 Å². The zero-order chi connectivity index (χ0) is 21.3. The smallest absolute Gasteiger partial charge is 0.0493 e. The van der Waals surface area contributed by atoms with E-state index in [1.807, 2.05) is 0 Å². The largest absolute Gasteiger partial charge is 0.142 e. The van der Waals surface area contributed by atoms with E-state index in [4.69, 9.17) is 0 Å². The minimum atomic E-state index is 0.631. The molecule has 3 aromatic rings. The predicted molar refractivity (Wildman–Crippen MR) is 143 cm³/mol. The van der Waals surface area contributed by atoms with Gasteiger partial charge in [0.25, 0.3) is 0 Å². The molecule has 3 aromatic heterocycles. The molecular formula is C30H26S3. The fourth-order valence-corrected chi connectivity index (χ4v) is 12.1. The predicted octanol–water partition coefficient (Wildman–Crippen LogP) is 9.80. The second-order valence-corrected chi connectivity index (χ2v) is 13.8. The molecule has 12 rings (SSSR count). The van der Waals surface area contributed by atoms with Crippen molar-refractivity contribution in [3.63, 3.8) is 0 Å². The van der Waals surface area contributed by atoms with E-state index >= 15 is 0 Å². The van der Waals surface area contributed by atoms with Crippen LogP contribution < -0.4 is 0 Å². The van der Waals surface area contributed by atoms with Gasteiger partial charge in [0.05, 0.1) is 0 Å². The first kappa shape index (κ1) is 18.6. The van der Waals surface area contributed by atoms with E-state index in [1.54, 1.807) is 52.9 Å². The molecule has 6 bridgehead atoms. The molecule has 0 amide bonds. The molecule has 9 aliphatic carbocycles. The molecule has 6 atom stereocenters. The fourth-order valence-electron chi connectivity index (χ4n) is 7.92. The highest BCUT2D eigenvalue weighted by molar-refractivity contribution is 7.26. The van der Waals surface area contributed by atoms with E-state index in [0.29, 0.717) is 35.5 Å². The molecule has 9 aliphatic rings. The van der Waals surface area contributed by atoms with Crippen molar-refractivity contribution in [2.45, 2.75) is 74.0 Å². The molecule has 0 saturated heterocycles. The van der Waals surface area contributed by atoms with E-state index in [0.717, 1.165) is 0 Å². The third kappa shape index (κ3) is 2.32. The van der Waals surface area contributed by atoms with Gasteiger partial charge < -0.3 is 0 Å². The Morgan fingerprint density at radius 2 is 0.788 bits per heavy atom. The fraction of sp³-hybridized carbons (Fsp3) is 0.400. The van der Waals surface area contributed by atoms with Crippen molar-refractivity contribution in [2.24, 2.45) is 0 Å². The molecule has 164 valence electrons. The lowest BCUT2D eigenvalue weighted by molar-refractivity contribution is 0.553. The van der Waals surface area contributed by atoms with Gasteiger partial charge in [-0.05, 0) is 82.7 Å². The summed E-state index contributed by atoms with van der Waals surface area (Å²) in [6.07, 6.45) is 23.2. The quantitative estimate of drug-likeness (QED) is 0.319. The Hall–Kier alpha value is -1.68. The second kappa shape index (κ2) is 6.50. The minimum absolute atomic E-state index is 0.631. The van der Waals surface area contributed by atoms with Crippen molar-refractivity contribution in [2.75, 3.05) is 0 Å². The Morgan fingerprint density at radius 1 is 0.424 bits per heavy atom. The van der Waals surface area contributed by atoms with Crippen LogP contribution in [-0.4, -0.2) is 0 Å². The summed E-state index contributed by atoms with van der Waals surface area (Å²) in [5, 5.41) is 5.04. The Kier molecular flexibility index (Phi) is 3.67. The monoisotopic (exact) mass is 482 g/mol. The van der Waals surface area contributed by atoms with E-state index in [1.165, 1.54) is 38.5 Å². The van der Waals surface area contributed by atoms with Crippen LogP contribution in [0.2, 0.25) is 0 Å². The third-order valence-corrected chi connectivity index (χ3v) is 13.1. The summed E-state index contributed by atoms with van der Waals surface area (Å²) in [6, 6.07) is 0. The number of thiophene rings is 3. The van der Waals surface area contributed by atoms with Crippen LogP contribution in [-0.2, 0) is 0 Å². The van der Waals surface area contributed by atoms with Gasteiger partial charge in [0.2, 0.25) is 0 Å². The highest BCUT2D eigenvalue weighted by atomic mass is 32.1. The van der Waals surface area contributed by atoms with Crippen molar-refractivity contribution >= 4 is 34.0 Å². The number of allylic oxidation sites excluding steroid dienone is 6. The Labute approximate surface area is 207 Å². The number of hydrogen-bond acceptors (Lipinski definition) is 3. The molecule has 0 aliphatic heterocycles. The van der Waals surface area contributed by atoms with E-state index in [-0.39, 0.29) is 0 Å². The first-order valence-corrected chi connectivity index (χ1v) is 15.4. The van der Waals surface area contributed by atoms with Crippen molar-refractivity contribution in [3.8, 4) is 19.5 Å². The Bertz CT molecular complexity index is 1310. The highest BCUT2D eigenvalue weighted by Crippen LogP contribution is 2.62. The van der Waals surface area contributed by atoms with Crippen LogP contribution in [0.25, 0.3) is 19.5 Å². The molecule has 0 saturated carbocycles. The summed E-state index contributed by atoms with van der Waals surface area (Å²) in [4.78, 5) is 6.54. The summed E-state index contributed by atoms with van der Waals surface area (Å²) < 4.78 is 0. The zero-order valence-corrected chi connectivity index (χ0v) is 21.0. The van der Waals surface area contributed by atoms with Gasteiger partial charge in [-0.2, -0.15) is 0 Å². The number of rotatable bonds is 2. The van der Waals surface area contributed by atoms with E-state index in [9.17, 15) is 0 Å². The van der Waals surface area contributed by atoms with Crippen LogP contribution in [0.4, 0.5) is 0 Å². The van der Waals surface area contributed by atoms with Gasteiger partial charge in [-0.25, -0.2) is 0 Å².